The van der Waals surface area contributed by atoms with Crippen molar-refractivity contribution in [2.75, 3.05) is 11.8 Å². The SMILES string of the molecule is CN(Cc1ccccc1NS(=O)(=O)c1ccc(C#N)cc1)C1CCCCC1. The Hall–Kier alpha value is -2.36. The van der Waals surface area contributed by atoms with Crippen molar-refractivity contribution in [3.05, 3.63) is 59.7 Å². The maximum absolute atomic E-state index is 12.7. The Kier molecular flexibility index (Phi) is 6.15. The van der Waals surface area contributed by atoms with Gasteiger partial charge in [0.25, 0.3) is 10.0 Å². The summed E-state index contributed by atoms with van der Waals surface area (Å²) >= 11 is 0. The molecule has 1 N–H and O–H groups in total. The average molecular weight is 384 g/mol. The monoisotopic (exact) mass is 383 g/mol. The fourth-order valence-corrected chi connectivity index (χ4v) is 4.69. The van der Waals surface area contributed by atoms with Gasteiger partial charge in [0, 0.05) is 12.6 Å². The van der Waals surface area contributed by atoms with Gasteiger partial charge >= 0.3 is 0 Å². The fourth-order valence-electron chi connectivity index (χ4n) is 3.59. The van der Waals surface area contributed by atoms with Crippen LogP contribution in [0.25, 0.3) is 0 Å². The molecule has 1 aliphatic carbocycles. The van der Waals surface area contributed by atoms with Crippen molar-refractivity contribution in [2.45, 2.75) is 49.6 Å². The maximum Gasteiger partial charge on any atom is 0.261 e. The van der Waals surface area contributed by atoms with Crippen molar-refractivity contribution >= 4 is 15.7 Å². The third kappa shape index (κ3) is 4.88. The largest absolute Gasteiger partial charge is 0.299 e. The van der Waals surface area contributed by atoms with E-state index in [4.69, 9.17) is 5.26 Å². The second-order valence-corrected chi connectivity index (χ2v) is 8.79. The topological polar surface area (TPSA) is 73.2 Å². The minimum Gasteiger partial charge on any atom is -0.299 e. The van der Waals surface area contributed by atoms with Gasteiger partial charge in [0.05, 0.1) is 22.2 Å². The fraction of sp³-hybridized carbons (Fsp3) is 0.381. The standard InChI is InChI=1S/C21H25N3O2S/c1-24(19-8-3-2-4-9-19)16-18-7-5-6-10-21(18)23-27(25,26)20-13-11-17(15-22)12-14-20/h5-7,10-14,19,23H,2-4,8-9,16H2,1H3. The van der Waals surface area contributed by atoms with E-state index in [-0.39, 0.29) is 4.90 Å². The summed E-state index contributed by atoms with van der Waals surface area (Å²) in [5.41, 5.74) is 2.00. The Balaban J connectivity index is 1.77. The van der Waals surface area contributed by atoms with E-state index in [1.54, 1.807) is 6.07 Å². The molecule has 0 amide bonds. The van der Waals surface area contributed by atoms with E-state index >= 15 is 0 Å². The molecule has 0 spiro atoms. The summed E-state index contributed by atoms with van der Waals surface area (Å²) in [6.45, 7) is 0.705. The van der Waals surface area contributed by atoms with Crippen LogP contribution < -0.4 is 4.72 Å². The number of rotatable bonds is 6. The maximum atomic E-state index is 12.7. The van der Waals surface area contributed by atoms with Crippen molar-refractivity contribution in [2.24, 2.45) is 0 Å². The Morgan fingerprint density at radius 2 is 1.74 bits per heavy atom. The minimum atomic E-state index is -3.70. The number of hydrogen-bond acceptors (Lipinski definition) is 4. The molecule has 27 heavy (non-hydrogen) atoms. The summed E-state index contributed by atoms with van der Waals surface area (Å²) in [4.78, 5) is 2.48. The minimum absolute atomic E-state index is 0.150. The zero-order valence-electron chi connectivity index (χ0n) is 15.6. The summed E-state index contributed by atoms with van der Waals surface area (Å²) in [5.74, 6) is 0. The molecule has 2 aromatic carbocycles. The molecule has 5 nitrogen and oxygen atoms in total. The molecule has 0 bridgehead atoms. The van der Waals surface area contributed by atoms with Crippen LogP contribution in [0.1, 0.15) is 43.2 Å². The lowest BCUT2D eigenvalue weighted by Gasteiger charge is -2.31. The molecule has 1 aliphatic rings. The first-order valence-electron chi connectivity index (χ1n) is 9.31. The van der Waals surface area contributed by atoms with Gasteiger partial charge in [-0.15, -0.1) is 0 Å². The Morgan fingerprint density at radius 3 is 2.41 bits per heavy atom. The summed E-state index contributed by atoms with van der Waals surface area (Å²) in [7, 11) is -1.59. The highest BCUT2D eigenvalue weighted by atomic mass is 32.2. The molecule has 0 aliphatic heterocycles. The van der Waals surface area contributed by atoms with Crippen LogP contribution in [-0.4, -0.2) is 26.4 Å². The Labute approximate surface area is 161 Å². The van der Waals surface area contributed by atoms with E-state index < -0.39 is 10.0 Å². The third-order valence-corrected chi connectivity index (χ3v) is 6.55. The van der Waals surface area contributed by atoms with Gasteiger partial charge in [-0.05, 0) is 55.8 Å². The lowest BCUT2D eigenvalue weighted by atomic mass is 9.94. The van der Waals surface area contributed by atoms with Crippen LogP contribution in [0.15, 0.2) is 53.4 Å². The number of hydrogen-bond donors (Lipinski definition) is 1. The molecule has 0 aromatic heterocycles. The molecule has 3 rings (SSSR count). The van der Waals surface area contributed by atoms with E-state index in [9.17, 15) is 8.42 Å². The second-order valence-electron chi connectivity index (χ2n) is 7.11. The molecule has 0 radical (unpaired) electrons. The molecule has 0 unspecified atom stereocenters. The first-order chi connectivity index (χ1) is 13.0. The number of nitrogens with zero attached hydrogens (tertiary/aromatic N) is 2. The van der Waals surface area contributed by atoms with Crippen LogP contribution in [-0.2, 0) is 16.6 Å². The predicted octanol–water partition coefficient (Wildman–Crippen LogP) is 4.12. The van der Waals surface area contributed by atoms with Gasteiger partial charge in [-0.2, -0.15) is 5.26 Å². The van der Waals surface area contributed by atoms with E-state index in [1.807, 2.05) is 24.3 Å². The highest BCUT2D eigenvalue weighted by molar-refractivity contribution is 7.92. The van der Waals surface area contributed by atoms with E-state index in [1.165, 1.54) is 56.4 Å². The number of sulfonamides is 1. The molecule has 2 aromatic rings. The summed E-state index contributed by atoms with van der Waals surface area (Å²) in [6, 6.07) is 16.0. The molecule has 6 heteroatoms. The number of nitriles is 1. The second kappa shape index (κ2) is 8.55. The number of anilines is 1. The molecule has 1 fully saturated rings. The quantitative estimate of drug-likeness (QED) is 0.814. The summed E-state index contributed by atoms with van der Waals surface area (Å²) in [5, 5.41) is 8.87. The van der Waals surface area contributed by atoms with Gasteiger partial charge in [-0.3, -0.25) is 9.62 Å². The van der Waals surface area contributed by atoms with Gasteiger partial charge in [-0.1, -0.05) is 37.5 Å². The van der Waals surface area contributed by atoms with Gasteiger partial charge in [-0.25, -0.2) is 8.42 Å². The lowest BCUT2D eigenvalue weighted by molar-refractivity contribution is 0.185. The normalized spacial score (nSPS) is 15.4. The van der Waals surface area contributed by atoms with Crippen molar-refractivity contribution in [3.63, 3.8) is 0 Å². The number of benzene rings is 2. The van der Waals surface area contributed by atoms with E-state index in [0.717, 1.165) is 5.56 Å². The van der Waals surface area contributed by atoms with E-state index in [0.29, 0.717) is 23.8 Å². The Bertz CT molecular complexity index is 911. The van der Waals surface area contributed by atoms with Gasteiger partial charge in [0.1, 0.15) is 0 Å². The van der Waals surface area contributed by atoms with E-state index in [2.05, 4.69) is 16.7 Å². The highest BCUT2D eigenvalue weighted by Crippen LogP contribution is 2.26. The lowest BCUT2D eigenvalue weighted by Crippen LogP contribution is -2.33. The van der Waals surface area contributed by atoms with Crippen LogP contribution in [0.3, 0.4) is 0 Å². The van der Waals surface area contributed by atoms with Crippen molar-refractivity contribution < 1.29 is 8.42 Å². The number of para-hydroxylation sites is 1. The molecule has 0 atom stereocenters. The molecule has 0 saturated heterocycles. The van der Waals surface area contributed by atoms with Gasteiger partial charge in [0.15, 0.2) is 0 Å². The first-order valence-corrected chi connectivity index (χ1v) is 10.8. The van der Waals surface area contributed by atoms with Crippen molar-refractivity contribution in [1.29, 1.82) is 5.26 Å². The van der Waals surface area contributed by atoms with Crippen LogP contribution in [0.5, 0.6) is 0 Å². The third-order valence-electron chi connectivity index (χ3n) is 5.17. The summed E-state index contributed by atoms with van der Waals surface area (Å²) < 4.78 is 28.2. The number of nitrogens with one attached hydrogen (secondary N) is 1. The molecular formula is C21H25N3O2S. The predicted molar refractivity (Wildman–Crippen MR) is 107 cm³/mol. The van der Waals surface area contributed by atoms with Crippen LogP contribution >= 0.6 is 0 Å². The molecular weight excluding hydrogens is 358 g/mol. The zero-order valence-corrected chi connectivity index (χ0v) is 16.4. The first kappa shape index (κ1) is 19.4. The van der Waals surface area contributed by atoms with Crippen LogP contribution in [0.4, 0.5) is 5.69 Å². The molecule has 1 saturated carbocycles. The molecule has 142 valence electrons. The van der Waals surface area contributed by atoms with Gasteiger partial charge in [0.2, 0.25) is 0 Å². The highest BCUT2D eigenvalue weighted by Gasteiger charge is 2.20. The molecule has 0 heterocycles. The Morgan fingerprint density at radius 1 is 1.07 bits per heavy atom. The zero-order chi connectivity index (χ0) is 19.3. The van der Waals surface area contributed by atoms with Crippen LogP contribution in [0, 0.1) is 11.3 Å². The van der Waals surface area contributed by atoms with Crippen LogP contribution in [0.2, 0.25) is 0 Å². The van der Waals surface area contributed by atoms with Crippen molar-refractivity contribution in [3.8, 4) is 6.07 Å². The summed E-state index contributed by atoms with van der Waals surface area (Å²) in [6.07, 6.45) is 6.25. The average Bonchev–Trinajstić information content (AvgIpc) is 2.70. The smallest absolute Gasteiger partial charge is 0.261 e. The van der Waals surface area contributed by atoms with Crippen molar-refractivity contribution in [1.82, 2.24) is 4.90 Å². The van der Waals surface area contributed by atoms with Gasteiger partial charge < -0.3 is 0 Å².